The van der Waals surface area contributed by atoms with Crippen molar-refractivity contribution in [3.05, 3.63) is 24.4 Å². The van der Waals surface area contributed by atoms with Gasteiger partial charge in [-0.1, -0.05) is 12.5 Å². The molecule has 3 heteroatoms. The molecule has 0 spiro atoms. The molecule has 2 unspecified atom stereocenters. The van der Waals surface area contributed by atoms with Gasteiger partial charge in [0.25, 0.3) is 0 Å². The van der Waals surface area contributed by atoms with Crippen LogP contribution in [0.3, 0.4) is 0 Å². The number of ether oxygens (including phenoxy) is 1. The van der Waals surface area contributed by atoms with E-state index in [2.05, 4.69) is 24.0 Å². The molecule has 1 fully saturated rings. The summed E-state index contributed by atoms with van der Waals surface area (Å²) in [5.74, 6) is 0.751. The molecule has 1 aliphatic rings. The number of aromatic nitrogens is 1. The van der Waals surface area contributed by atoms with Gasteiger partial charge >= 0.3 is 0 Å². The first-order valence-corrected chi connectivity index (χ1v) is 6.01. The molecule has 0 aliphatic heterocycles. The molecule has 0 bridgehead atoms. The second-order valence-corrected chi connectivity index (χ2v) is 4.64. The molecule has 2 rings (SSSR count). The van der Waals surface area contributed by atoms with Gasteiger partial charge in [-0.05, 0) is 39.4 Å². The van der Waals surface area contributed by atoms with E-state index in [-0.39, 0.29) is 0 Å². The van der Waals surface area contributed by atoms with Crippen LogP contribution in [-0.2, 0) is 0 Å². The van der Waals surface area contributed by atoms with Gasteiger partial charge in [-0.25, -0.2) is 4.98 Å². The Labute approximate surface area is 97.4 Å². The van der Waals surface area contributed by atoms with E-state index in [0.29, 0.717) is 12.1 Å². The summed E-state index contributed by atoms with van der Waals surface area (Å²) in [6.07, 6.45) is 7.01. The van der Waals surface area contributed by atoms with Crippen molar-refractivity contribution in [2.24, 2.45) is 0 Å². The van der Waals surface area contributed by atoms with E-state index in [1.807, 2.05) is 18.2 Å². The zero-order valence-corrected chi connectivity index (χ0v) is 10.1. The van der Waals surface area contributed by atoms with E-state index >= 15 is 0 Å². The highest BCUT2D eigenvalue weighted by atomic mass is 16.5. The Morgan fingerprint density at radius 3 is 2.75 bits per heavy atom. The van der Waals surface area contributed by atoms with Crippen molar-refractivity contribution in [3.63, 3.8) is 0 Å². The van der Waals surface area contributed by atoms with Crippen molar-refractivity contribution in [2.45, 2.75) is 37.8 Å². The summed E-state index contributed by atoms with van der Waals surface area (Å²) in [5, 5.41) is 0. The summed E-state index contributed by atoms with van der Waals surface area (Å²) < 4.78 is 5.98. The lowest BCUT2D eigenvalue weighted by Crippen LogP contribution is -2.44. The summed E-state index contributed by atoms with van der Waals surface area (Å²) in [7, 11) is 4.26. The van der Waals surface area contributed by atoms with Gasteiger partial charge in [0.05, 0.1) is 0 Å². The minimum atomic E-state index is 0.290. The number of hydrogen-bond donors (Lipinski definition) is 0. The van der Waals surface area contributed by atoms with Crippen LogP contribution >= 0.6 is 0 Å². The van der Waals surface area contributed by atoms with Gasteiger partial charge in [0.15, 0.2) is 0 Å². The molecule has 88 valence electrons. The van der Waals surface area contributed by atoms with Crippen LogP contribution < -0.4 is 4.74 Å². The number of pyridine rings is 1. The maximum absolute atomic E-state index is 5.98. The molecular weight excluding hydrogens is 200 g/mol. The summed E-state index contributed by atoms with van der Waals surface area (Å²) in [4.78, 5) is 6.50. The molecule has 1 saturated carbocycles. The first kappa shape index (κ1) is 11.4. The molecule has 2 atom stereocenters. The van der Waals surface area contributed by atoms with Crippen LogP contribution in [0.15, 0.2) is 24.4 Å². The Bertz CT molecular complexity index is 313. The molecule has 1 aromatic rings. The van der Waals surface area contributed by atoms with E-state index in [1.54, 1.807) is 6.20 Å². The van der Waals surface area contributed by atoms with E-state index in [0.717, 1.165) is 12.3 Å². The van der Waals surface area contributed by atoms with Crippen molar-refractivity contribution in [1.82, 2.24) is 9.88 Å². The lowest BCUT2D eigenvalue weighted by molar-refractivity contribution is 0.0588. The van der Waals surface area contributed by atoms with Gasteiger partial charge in [0.1, 0.15) is 6.10 Å². The summed E-state index contributed by atoms with van der Waals surface area (Å²) in [5.41, 5.74) is 0. The molecule has 1 heterocycles. The number of likely N-dealkylation sites (N-methyl/N-ethyl adjacent to an activating group) is 1. The van der Waals surface area contributed by atoms with Gasteiger partial charge in [-0.2, -0.15) is 0 Å². The third kappa shape index (κ3) is 2.73. The maximum atomic E-state index is 5.98. The highest BCUT2D eigenvalue weighted by Gasteiger charge is 2.28. The van der Waals surface area contributed by atoms with Crippen LogP contribution in [0, 0.1) is 0 Å². The van der Waals surface area contributed by atoms with Crippen LogP contribution in [0.5, 0.6) is 5.88 Å². The van der Waals surface area contributed by atoms with Crippen molar-refractivity contribution in [3.8, 4) is 5.88 Å². The molecule has 1 aromatic heterocycles. The predicted molar refractivity (Wildman–Crippen MR) is 64.6 cm³/mol. The standard InChI is InChI=1S/C13H20N2O/c1-15(2)11-7-3-4-8-12(11)16-13-9-5-6-10-14-13/h5-6,9-12H,3-4,7-8H2,1-2H3. The molecule has 0 saturated heterocycles. The fourth-order valence-corrected chi connectivity index (χ4v) is 2.38. The van der Waals surface area contributed by atoms with E-state index in [1.165, 1.54) is 19.3 Å². The van der Waals surface area contributed by atoms with Crippen molar-refractivity contribution >= 4 is 0 Å². The second kappa shape index (κ2) is 5.30. The zero-order valence-electron chi connectivity index (χ0n) is 10.1. The Morgan fingerprint density at radius 2 is 2.06 bits per heavy atom. The van der Waals surface area contributed by atoms with Crippen LogP contribution in [-0.4, -0.2) is 36.1 Å². The Balaban J connectivity index is 2.01. The van der Waals surface area contributed by atoms with Gasteiger partial charge in [-0.3, -0.25) is 0 Å². The third-order valence-electron chi connectivity index (χ3n) is 3.24. The van der Waals surface area contributed by atoms with Gasteiger partial charge in [0.2, 0.25) is 5.88 Å². The first-order chi connectivity index (χ1) is 7.77. The maximum Gasteiger partial charge on any atom is 0.213 e. The third-order valence-corrected chi connectivity index (χ3v) is 3.24. The first-order valence-electron chi connectivity index (χ1n) is 6.01. The molecular formula is C13H20N2O. The molecule has 0 aromatic carbocycles. The Kier molecular flexibility index (Phi) is 3.78. The second-order valence-electron chi connectivity index (χ2n) is 4.64. The molecule has 1 aliphatic carbocycles. The van der Waals surface area contributed by atoms with Gasteiger partial charge < -0.3 is 9.64 Å². The Hall–Kier alpha value is -1.09. The Morgan fingerprint density at radius 1 is 1.25 bits per heavy atom. The summed E-state index contributed by atoms with van der Waals surface area (Å²) in [6, 6.07) is 6.34. The largest absolute Gasteiger partial charge is 0.473 e. The van der Waals surface area contributed by atoms with Crippen LogP contribution in [0.25, 0.3) is 0 Å². The van der Waals surface area contributed by atoms with Crippen molar-refractivity contribution in [1.29, 1.82) is 0 Å². The van der Waals surface area contributed by atoms with E-state index < -0.39 is 0 Å². The van der Waals surface area contributed by atoms with Crippen LogP contribution in [0.1, 0.15) is 25.7 Å². The normalized spacial score (nSPS) is 25.7. The minimum Gasteiger partial charge on any atom is -0.473 e. The van der Waals surface area contributed by atoms with Gasteiger partial charge in [-0.15, -0.1) is 0 Å². The molecule has 0 N–H and O–H groups in total. The van der Waals surface area contributed by atoms with Crippen LogP contribution in [0.4, 0.5) is 0 Å². The lowest BCUT2D eigenvalue weighted by Gasteiger charge is -2.35. The predicted octanol–water partition coefficient (Wildman–Crippen LogP) is 2.33. The highest BCUT2D eigenvalue weighted by molar-refractivity contribution is 5.10. The molecule has 3 nitrogen and oxygen atoms in total. The quantitative estimate of drug-likeness (QED) is 0.781. The lowest BCUT2D eigenvalue weighted by atomic mass is 9.92. The average Bonchev–Trinajstić information content (AvgIpc) is 2.31. The van der Waals surface area contributed by atoms with Gasteiger partial charge in [0, 0.05) is 18.3 Å². The van der Waals surface area contributed by atoms with Crippen molar-refractivity contribution in [2.75, 3.05) is 14.1 Å². The fraction of sp³-hybridized carbons (Fsp3) is 0.615. The summed E-state index contributed by atoms with van der Waals surface area (Å²) in [6.45, 7) is 0. The van der Waals surface area contributed by atoms with Crippen molar-refractivity contribution < 1.29 is 4.74 Å². The number of hydrogen-bond acceptors (Lipinski definition) is 3. The minimum absolute atomic E-state index is 0.290. The zero-order chi connectivity index (χ0) is 11.4. The number of nitrogens with zero attached hydrogens (tertiary/aromatic N) is 2. The SMILES string of the molecule is CN(C)C1CCCCC1Oc1ccccn1. The molecule has 16 heavy (non-hydrogen) atoms. The molecule has 0 amide bonds. The molecule has 0 radical (unpaired) electrons. The highest BCUT2D eigenvalue weighted by Crippen LogP contribution is 2.25. The monoisotopic (exact) mass is 220 g/mol. The fourth-order valence-electron chi connectivity index (χ4n) is 2.38. The van der Waals surface area contributed by atoms with Crippen LogP contribution in [0.2, 0.25) is 0 Å². The van der Waals surface area contributed by atoms with E-state index in [4.69, 9.17) is 4.74 Å². The topological polar surface area (TPSA) is 25.4 Å². The number of rotatable bonds is 3. The average molecular weight is 220 g/mol. The smallest absolute Gasteiger partial charge is 0.213 e. The summed E-state index contributed by atoms with van der Waals surface area (Å²) >= 11 is 0. The van der Waals surface area contributed by atoms with E-state index in [9.17, 15) is 0 Å².